The summed E-state index contributed by atoms with van der Waals surface area (Å²) in [5.41, 5.74) is 2.48. The van der Waals surface area contributed by atoms with Gasteiger partial charge >= 0.3 is 12.1 Å². The van der Waals surface area contributed by atoms with Gasteiger partial charge in [-0.15, -0.1) is 0 Å². The molecule has 5 nitrogen and oxygen atoms in total. The van der Waals surface area contributed by atoms with E-state index in [1.165, 1.54) is 4.57 Å². The van der Waals surface area contributed by atoms with Crippen LogP contribution < -0.4 is 0 Å². The van der Waals surface area contributed by atoms with E-state index in [0.717, 1.165) is 16.8 Å². The van der Waals surface area contributed by atoms with Crippen molar-refractivity contribution < 1.29 is 19.1 Å². The van der Waals surface area contributed by atoms with Gasteiger partial charge < -0.3 is 9.47 Å². The van der Waals surface area contributed by atoms with Crippen molar-refractivity contribution in [1.29, 1.82) is 0 Å². The van der Waals surface area contributed by atoms with E-state index in [-0.39, 0.29) is 12.1 Å². The monoisotopic (exact) mass is 357 g/mol. The first-order valence-electron chi connectivity index (χ1n) is 8.91. The number of benzene rings is 1. The summed E-state index contributed by atoms with van der Waals surface area (Å²) >= 11 is 0. The Hall–Kier alpha value is -2.56. The highest BCUT2D eigenvalue weighted by molar-refractivity contribution is 5.72. The molecule has 0 aliphatic rings. The first-order chi connectivity index (χ1) is 12.3. The SMILES string of the molecule is CCOC(=O)CCc1cccc(Cc2cccn2C(=O)OC(C)(C)C)c1. The zero-order valence-corrected chi connectivity index (χ0v) is 16.0. The standard InChI is InChI=1S/C21H27NO4/c1-5-25-19(23)12-11-16-8-6-9-17(14-16)15-18-10-7-13-22(18)20(24)26-21(2,3)4/h6-10,13-14H,5,11-12,15H2,1-4H3. The Morgan fingerprint density at radius 3 is 2.50 bits per heavy atom. The Balaban J connectivity index is 2.06. The largest absolute Gasteiger partial charge is 0.466 e. The first-order valence-corrected chi connectivity index (χ1v) is 8.91. The summed E-state index contributed by atoms with van der Waals surface area (Å²) in [4.78, 5) is 23.8. The fourth-order valence-corrected chi connectivity index (χ4v) is 2.63. The molecular weight excluding hydrogens is 330 g/mol. The van der Waals surface area contributed by atoms with E-state index in [9.17, 15) is 9.59 Å². The van der Waals surface area contributed by atoms with Gasteiger partial charge in [-0.1, -0.05) is 24.3 Å². The average Bonchev–Trinajstić information content (AvgIpc) is 3.00. The zero-order valence-electron chi connectivity index (χ0n) is 16.0. The molecule has 0 radical (unpaired) electrons. The number of hydrogen-bond donors (Lipinski definition) is 0. The van der Waals surface area contributed by atoms with Crippen LogP contribution in [0.4, 0.5) is 4.79 Å². The highest BCUT2D eigenvalue weighted by Gasteiger charge is 2.19. The minimum Gasteiger partial charge on any atom is -0.466 e. The van der Waals surface area contributed by atoms with Crippen LogP contribution in [0.3, 0.4) is 0 Å². The van der Waals surface area contributed by atoms with Crippen molar-refractivity contribution >= 4 is 12.1 Å². The Kier molecular flexibility index (Phi) is 6.61. The molecule has 0 aliphatic heterocycles. The Labute approximate surface area is 154 Å². The first kappa shape index (κ1) is 19.8. The van der Waals surface area contributed by atoms with Crippen molar-refractivity contribution in [2.75, 3.05) is 6.61 Å². The summed E-state index contributed by atoms with van der Waals surface area (Å²) in [6.45, 7) is 7.75. The van der Waals surface area contributed by atoms with E-state index in [1.54, 1.807) is 13.1 Å². The van der Waals surface area contributed by atoms with Gasteiger partial charge in [0.1, 0.15) is 5.60 Å². The lowest BCUT2D eigenvalue weighted by atomic mass is 10.0. The van der Waals surface area contributed by atoms with Crippen LogP contribution in [0.15, 0.2) is 42.6 Å². The maximum Gasteiger partial charge on any atom is 0.418 e. The van der Waals surface area contributed by atoms with Crippen LogP contribution in [0.2, 0.25) is 0 Å². The minimum atomic E-state index is -0.536. The van der Waals surface area contributed by atoms with Gasteiger partial charge in [-0.05, 0) is 57.4 Å². The van der Waals surface area contributed by atoms with Crippen LogP contribution in [-0.4, -0.2) is 28.8 Å². The van der Waals surface area contributed by atoms with E-state index >= 15 is 0 Å². The third-order valence-corrected chi connectivity index (χ3v) is 3.72. The lowest BCUT2D eigenvalue weighted by Gasteiger charge is -2.20. The third kappa shape index (κ3) is 6.06. The van der Waals surface area contributed by atoms with Crippen molar-refractivity contribution in [3.05, 3.63) is 59.4 Å². The molecule has 0 amide bonds. The van der Waals surface area contributed by atoms with Crippen LogP contribution in [-0.2, 0) is 27.1 Å². The number of aromatic nitrogens is 1. The fourth-order valence-electron chi connectivity index (χ4n) is 2.63. The molecule has 0 aliphatic carbocycles. The smallest absolute Gasteiger partial charge is 0.418 e. The van der Waals surface area contributed by atoms with Crippen LogP contribution in [0.5, 0.6) is 0 Å². The second kappa shape index (κ2) is 8.70. The number of nitrogens with zero attached hydrogens (tertiary/aromatic N) is 1. The van der Waals surface area contributed by atoms with Gasteiger partial charge in [0.2, 0.25) is 0 Å². The minimum absolute atomic E-state index is 0.184. The molecule has 0 fully saturated rings. The predicted molar refractivity (Wildman–Crippen MR) is 100 cm³/mol. The predicted octanol–water partition coefficient (Wildman–Crippen LogP) is 4.36. The lowest BCUT2D eigenvalue weighted by molar-refractivity contribution is -0.143. The molecule has 0 atom stereocenters. The number of esters is 1. The molecule has 2 aromatic rings. The third-order valence-electron chi connectivity index (χ3n) is 3.72. The van der Waals surface area contributed by atoms with E-state index in [2.05, 4.69) is 6.07 Å². The lowest BCUT2D eigenvalue weighted by Crippen LogP contribution is -2.27. The van der Waals surface area contributed by atoms with E-state index in [4.69, 9.17) is 9.47 Å². The van der Waals surface area contributed by atoms with Crippen molar-refractivity contribution in [1.82, 2.24) is 4.57 Å². The molecule has 1 heterocycles. The van der Waals surface area contributed by atoms with Crippen molar-refractivity contribution in [3.8, 4) is 0 Å². The highest BCUT2D eigenvalue weighted by Crippen LogP contribution is 2.16. The van der Waals surface area contributed by atoms with Crippen LogP contribution in [0.25, 0.3) is 0 Å². The summed E-state index contributed by atoms with van der Waals surface area (Å²) in [5, 5.41) is 0. The van der Waals surface area contributed by atoms with Gasteiger partial charge in [-0.2, -0.15) is 0 Å². The van der Waals surface area contributed by atoms with Crippen LogP contribution >= 0.6 is 0 Å². The molecule has 2 rings (SSSR count). The molecule has 1 aromatic heterocycles. The van der Waals surface area contributed by atoms with E-state index in [1.807, 2.05) is 51.1 Å². The normalized spacial score (nSPS) is 11.2. The topological polar surface area (TPSA) is 57.5 Å². The maximum atomic E-state index is 12.3. The quantitative estimate of drug-likeness (QED) is 0.721. The molecule has 0 saturated heterocycles. The van der Waals surface area contributed by atoms with Gasteiger partial charge in [0, 0.05) is 24.7 Å². The molecule has 0 N–H and O–H groups in total. The van der Waals surface area contributed by atoms with Gasteiger partial charge in [0.15, 0.2) is 0 Å². The van der Waals surface area contributed by atoms with E-state index < -0.39 is 5.60 Å². The van der Waals surface area contributed by atoms with Crippen molar-refractivity contribution in [2.45, 2.75) is 52.6 Å². The Bertz CT molecular complexity index is 755. The van der Waals surface area contributed by atoms with Gasteiger partial charge in [-0.25, -0.2) is 4.79 Å². The zero-order chi connectivity index (χ0) is 19.2. The summed E-state index contributed by atoms with van der Waals surface area (Å²) in [6.07, 6.45) is 2.95. The molecule has 140 valence electrons. The summed E-state index contributed by atoms with van der Waals surface area (Å²) in [7, 11) is 0. The molecular formula is C21H27NO4. The number of aryl methyl sites for hydroxylation is 1. The second-order valence-electron chi connectivity index (χ2n) is 7.15. The number of rotatable bonds is 6. The number of hydrogen-bond acceptors (Lipinski definition) is 4. The van der Waals surface area contributed by atoms with Crippen LogP contribution in [0.1, 0.15) is 50.9 Å². The summed E-state index contributed by atoms with van der Waals surface area (Å²) in [5.74, 6) is -0.184. The van der Waals surface area contributed by atoms with E-state index in [0.29, 0.717) is 25.9 Å². The fraction of sp³-hybridized carbons (Fsp3) is 0.429. The number of ether oxygens (including phenoxy) is 2. The maximum absolute atomic E-state index is 12.3. The molecule has 0 bridgehead atoms. The Morgan fingerprint density at radius 1 is 1.08 bits per heavy atom. The van der Waals surface area contributed by atoms with Gasteiger partial charge in [0.05, 0.1) is 6.61 Å². The molecule has 5 heteroatoms. The summed E-state index contributed by atoms with van der Waals surface area (Å²) < 4.78 is 12.0. The van der Waals surface area contributed by atoms with Gasteiger partial charge in [-0.3, -0.25) is 9.36 Å². The van der Waals surface area contributed by atoms with Gasteiger partial charge in [0.25, 0.3) is 0 Å². The van der Waals surface area contributed by atoms with Crippen molar-refractivity contribution in [3.63, 3.8) is 0 Å². The Morgan fingerprint density at radius 2 is 1.81 bits per heavy atom. The molecule has 0 unspecified atom stereocenters. The average molecular weight is 357 g/mol. The molecule has 1 aromatic carbocycles. The summed E-state index contributed by atoms with van der Waals surface area (Å²) in [6, 6.07) is 11.8. The molecule has 0 saturated carbocycles. The van der Waals surface area contributed by atoms with Crippen molar-refractivity contribution in [2.24, 2.45) is 0 Å². The second-order valence-corrected chi connectivity index (χ2v) is 7.15. The van der Waals surface area contributed by atoms with Crippen LogP contribution in [0, 0.1) is 0 Å². The molecule has 26 heavy (non-hydrogen) atoms. The number of carbonyl (C=O) groups is 2. The molecule has 0 spiro atoms. The number of carbonyl (C=O) groups excluding carboxylic acids is 2. The highest BCUT2D eigenvalue weighted by atomic mass is 16.6.